The number of hydrogen-bond donors (Lipinski definition) is 3. The molecule has 1 aromatic heterocycles. The van der Waals surface area contributed by atoms with Crippen molar-refractivity contribution in [3.63, 3.8) is 0 Å². The smallest absolute Gasteiger partial charge is 0.258 e. The van der Waals surface area contributed by atoms with Crippen molar-refractivity contribution >= 4 is 11.8 Å². The molecule has 0 aromatic carbocycles. The molecule has 1 atom stereocenters. The molecule has 1 unspecified atom stereocenters. The summed E-state index contributed by atoms with van der Waals surface area (Å²) in [5.74, 6) is -0.517. The molecule has 14 heavy (non-hydrogen) atoms. The second-order valence-corrected chi connectivity index (χ2v) is 2.79. The van der Waals surface area contributed by atoms with E-state index < -0.39 is 6.04 Å². The number of aromatic nitrogens is 3. The maximum absolute atomic E-state index is 11.4. The Hall–Kier alpha value is -1.96. The van der Waals surface area contributed by atoms with Gasteiger partial charge in [-0.3, -0.25) is 20.4 Å². The van der Waals surface area contributed by atoms with Crippen LogP contribution in [0.4, 0.5) is 0 Å². The van der Waals surface area contributed by atoms with Gasteiger partial charge in [-0.1, -0.05) is 0 Å². The highest BCUT2D eigenvalue weighted by Gasteiger charge is 2.27. The predicted molar refractivity (Wildman–Crippen MR) is 44.1 cm³/mol. The summed E-state index contributed by atoms with van der Waals surface area (Å²) in [5.41, 5.74) is 7.38. The Bertz CT molecular complexity index is 347. The van der Waals surface area contributed by atoms with Crippen LogP contribution in [-0.4, -0.2) is 32.7 Å². The molecule has 0 radical (unpaired) electrons. The summed E-state index contributed by atoms with van der Waals surface area (Å²) in [6.07, 6.45) is 2.83. The summed E-state index contributed by atoms with van der Waals surface area (Å²) in [7, 11) is 0. The zero-order valence-corrected chi connectivity index (χ0v) is 7.10. The number of carbonyl (C=O) groups is 2. The standard InChI is InChI=1S/C6H8N6O2/c13-5-1-4(9-10-5)6(14)11-12-2-7-8-3-12/h2-4,9H,1H2,(H,10,13)(H,11,14). The Morgan fingerprint density at radius 3 is 2.86 bits per heavy atom. The van der Waals surface area contributed by atoms with E-state index in [0.29, 0.717) is 0 Å². The van der Waals surface area contributed by atoms with Crippen LogP contribution < -0.4 is 16.3 Å². The third-order valence-electron chi connectivity index (χ3n) is 1.75. The van der Waals surface area contributed by atoms with Gasteiger partial charge in [-0.25, -0.2) is 10.1 Å². The number of nitrogens with one attached hydrogen (secondary N) is 3. The molecule has 1 saturated heterocycles. The highest BCUT2D eigenvalue weighted by Crippen LogP contribution is 1.97. The van der Waals surface area contributed by atoms with Crippen molar-refractivity contribution in [3.8, 4) is 0 Å². The lowest BCUT2D eigenvalue weighted by atomic mass is 10.2. The second kappa shape index (κ2) is 3.42. The largest absolute Gasteiger partial charge is 0.291 e. The molecule has 8 nitrogen and oxygen atoms in total. The van der Waals surface area contributed by atoms with Crippen molar-refractivity contribution in [2.24, 2.45) is 0 Å². The van der Waals surface area contributed by atoms with E-state index in [2.05, 4.69) is 26.5 Å². The zero-order chi connectivity index (χ0) is 9.97. The molecule has 1 aliphatic heterocycles. The van der Waals surface area contributed by atoms with E-state index in [-0.39, 0.29) is 18.2 Å². The van der Waals surface area contributed by atoms with Crippen molar-refractivity contribution in [1.82, 2.24) is 25.7 Å². The van der Waals surface area contributed by atoms with Gasteiger partial charge in [0.15, 0.2) is 0 Å². The van der Waals surface area contributed by atoms with Crippen molar-refractivity contribution < 1.29 is 9.59 Å². The fourth-order valence-corrected chi connectivity index (χ4v) is 1.08. The van der Waals surface area contributed by atoms with Gasteiger partial charge in [0.1, 0.15) is 18.7 Å². The maximum atomic E-state index is 11.4. The zero-order valence-electron chi connectivity index (χ0n) is 7.10. The summed E-state index contributed by atoms with van der Waals surface area (Å²) in [5, 5.41) is 7.02. The molecule has 74 valence electrons. The van der Waals surface area contributed by atoms with Crippen LogP contribution in [0.2, 0.25) is 0 Å². The van der Waals surface area contributed by atoms with Crippen LogP contribution in [0.25, 0.3) is 0 Å². The van der Waals surface area contributed by atoms with Crippen molar-refractivity contribution in [3.05, 3.63) is 12.7 Å². The fraction of sp³-hybridized carbons (Fsp3) is 0.333. The lowest BCUT2D eigenvalue weighted by molar-refractivity contribution is -0.122. The first-order valence-corrected chi connectivity index (χ1v) is 3.95. The van der Waals surface area contributed by atoms with E-state index in [1.165, 1.54) is 17.3 Å². The van der Waals surface area contributed by atoms with Crippen LogP contribution in [-0.2, 0) is 9.59 Å². The molecule has 1 aromatic rings. The third kappa shape index (κ3) is 1.69. The number of hydrazine groups is 1. The van der Waals surface area contributed by atoms with Gasteiger partial charge in [0.2, 0.25) is 5.91 Å². The van der Waals surface area contributed by atoms with Gasteiger partial charge >= 0.3 is 0 Å². The molecule has 3 N–H and O–H groups in total. The van der Waals surface area contributed by atoms with Crippen LogP contribution in [0.1, 0.15) is 6.42 Å². The predicted octanol–water partition coefficient (Wildman–Crippen LogP) is -2.26. The first-order chi connectivity index (χ1) is 6.75. The first kappa shape index (κ1) is 8.63. The molecule has 2 amide bonds. The summed E-state index contributed by atoms with van der Waals surface area (Å²) in [6, 6.07) is -0.551. The number of amides is 2. The lowest BCUT2D eigenvalue weighted by Crippen LogP contribution is -2.41. The van der Waals surface area contributed by atoms with Gasteiger partial charge in [0, 0.05) is 0 Å². The van der Waals surface area contributed by atoms with Crippen LogP contribution in [0.3, 0.4) is 0 Å². The number of hydrogen-bond acceptors (Lipinski definition) is 5. The Balaban J connectivity index is 1.93. The fourth-order valence-electron chi connectivity index (χ4n) is 1.08. The minimum atomic E-state index is -0.551. The summed E-state index contributed by atoms with van der Waals surface area (Å²) in [4.78, 5) is 22.2. The minimum absolute atomic E-state index is 0.133. The van der Waals surface area contributed by atoms with E-state index >= 15 is 0 Å². The van der Waals surface area contributed by atoms with Gasteiger partial charge in [-0.05, 0) is 0 Å². The number of rotatable bonds is 2. The van der Waals surface area contributed by atoms with Crippen LogP contribution in [0.5, 0.6) is 0 Å². The summed E-state index contributed by atoms with van der Waals surface area (Å²) in [6.45, 7) is 0. The molecule has 0 saturated carbocycles. The van der Waals surface area contributed by atoms with E-state index in [1.54, 1.807) is 0 Å². The molecule has 8 heteroatoms. The molecule has 0 bridgehead atoms. The molecule has 0 spiro atoms. The third-order valence-corrected chi connectivity index (χ3v) is 1.75. The van der Waals surface area contributed by atoms with Crippen molar-refractivity contribution in [2.75, 3.05) is 5.43 Å². The quantitative estimate of drug-likeness (QED) is 0.495. The van der Waals surface area contributed by atoms with Crippen LogP contribution in [0, 0.1) is 0 Å². The van der Waals surface area contributed by atoms with Crippen LogP contribution >= 0.6 is 0 Å². The van der Waals surface area contributed by atoms with Crippen molar-refractivity contribution in [2.45, 2.75) is 12.5 Å². The molecule has 1 aliphatic rings. The average molecular weight is 196 g/mol. The van der Waals surface area contributed by atoms with Gasteiger partial charge in [0.05, 0.1) is 6.42 Å². The van der Waals surface area contributed by atoms with Gasteiger partial charge < -0.3 is 0 Å². The molecular weight excluding hydrogens is 188 g/mol. The SMILES string of the molecule is O=C1CC(C(=O)Nn2cnnc2)NN1. The van der Waals surface area contributed by atoms with Gasteiger partial charge in [-0.15, -0.1) is 10.2 Å². The van der Waals surface area contributed by atoms with E-state index in [4.69, 9.17) is 0 Å². The Morgan fingerprint density at radius 1 is 1.57 bits per heavy atom. The highest BCUT2D eigenvalue weighted by molar-refractivity contribution is 5.94. The van der Waals surface area contributed by atoms with Gasteiger partial charge in [0.25, 0.3) is 5.91 Å². The molecule has 0 aliphatic carbocycles. The molecule has 1 fully saturated rings. The molecule has 2 heterocycles. The van der Waals surface area contributed by atoms with Gasteiger partial charge in [-0.2, -0.15) is 0 Å². The Morgan fingerprint density at radius 2 is 2.29 bits per heavy atom. The van der Waals surface area contributed by atoms with Crippen LogP contribution in [0.15, 0.2) is 12.7 Å². The summed E-state index contributed by atoms with van der Waals surface area (Å²) >= 11 is 0. The first-order valence-electron chi connectivity index (χ1n) is 3.95. The topological polar surface area (TPSA) is 101 Å². The molecule has 2 rings (SSSR count). The second-order valence-electron chi connectivity index (χ2n) is 2.79. The average Bonchev–Trinajstić information content (AvgIpc) is 2.75. The lowest BCUT2D eigenvalue weighted by Gasteiger charge is -2.08. The number of carbonyl (C=O) groups excluding carboxylic acids is 2. The van der Waals surface area contributed by atoms with E-state index in [9.17, 15) is 9.59 Å². The van der Waals surface area contributed by atoms with E-state index in [0.717, 1.165) is 0 Å². The minimum Gasteiger partial charge on any atom is -0.291 e. The maximum Gasteiger partial charge on any atom is 0.258 e. The van der Waals surface area contributed by atoms with Crippen molar-refractivity contribution in [1.29, 1.82) is 0 Å². The highest BCUT2D eigenvalue weighted by atomic mass is 16.2. The normalized spacial score (nSPS) is 20.6. The van der Waals surface area contributed by atoms with E-state index in [1.807, 2.05) is 0 Å². The number of nitrogens with zero attached hydrogens (tertiary/aromatic N) is 3. The molecular formula is C6H8N6O2. The Labute approximate surface area is 78.6 Å². The monoisotopic (exact) mass is 196 g/mol. The summed E-state index contributed by atoms with van der Waals surface area (Å²) < 4.78 is 1.31. The Kier molecular flexibility index (Phi) is 2.11.